The van der Waals surface area contributed by atoms with Crippen LogP contribution in [0, 0.1) is 0 Å². The Morgan fingerprint density at radius 3 is 0.848 bits per heavy atom. The summed E-state index contributed by atoms with van der Waals surface area (Å²) in [5.41, 5.74) is 0. The molecule has 0 aliphatic carbocycles. The smallest absolute Gasteiger partial charge is 0.0431 e. The number of aliphatic hydroxyl groups excluding tert-OH is 2. The van der Waals surface area contributed by atoms with E-state index in [9.17, 15) is 0 Å². The molecule has 200 valence electrons. The molecule has 3 heteroatoms. The molecule has 0 aromatic carbocycles. The maximum atomic E-state index is 8.86. The third-order valence-corrected chi connectivity index (χ3v) is 7.09. The molecular weight excluding hydrogens is 406 g/mol. The van der Waals surface area contributed by atoms with Gasteiger partial charge in [0.25, 0.3) is 0 Å². The molecule has 0 fully saturated rings. The minimum Gasteiger partial charge on any atom is -0.396 e. The molecule has 3 nitrogen and oxygen atoms in total. The second-order valence-corrected chi connectivity index (χ2v) is 10.4. The first kappa shape index (κ1) is 32.9. The van der Waals surface area contributed by atoms with E-state index in [4.69, 9.17) is 10.2 Å². The lowest BCUT2D eigenvalue weighted by atomic mass is 10.1. The van der Waals surface area contributed by atoms with Crippen LogP contribution in [0.1, 0.15) is 161 Å². The summed E-state index contributed by atoms with van der Waals surface area (Å²) < 4.78 is 0. The van der Waals surface area contributed by atoms with Crippen molar-refractivity contribution in [1.82, 2.24) is 4.90 Å². The molecule has 0 saturated carbocycles. The summed E-state index contributed by atoms with van der Waals surface area (Å²) in [5, 5.41) is 17.7. The van der Waals surface area contributed by atoms with Crippen LogP contribution in [-0.4, -0.2) is 48.0 Å². The molecule has 0 saturated heterocycles. The highest BCUT2D eigenvalue weighted by molar-refractivity contribution is 4.61. The van der Waals surface area contributed by atoms with E-state index in [-0.39, 0.29) is 0 Å². The van der Waals surface area contributed by atoms with Gasteiger partial charge < -0.3 is 15.1 Å². The molecule has 2 N–H and O–H groups in total. The number of aliphatic hydroxyl groups is 2. The van der Waals surface area contributed by atoms with Gasteiger partial charge in [-0.15, -0.1) is 0 Å². The first-order valence-electron chi connectivity index (χ1n) is 15.3. The van der Waals surface area contributed by atoms with Gasteiger partial charge in [-0.25, -0.2) is 0 Å². The van der Waals surface area contributed by atoms with E-state index in [0.29, 0.717) is 13.2 Å². The molecule has 33 heavy (non-hydrogen) atoms. The largest absolute Gasteiger partial charge is 0.396 e. The zero-order valence-corrected chi connectivity index (χ0v) is 22.8. The van der Waals surface area contributed by atoms with E-state index in [0.717, 1.165) is 12.8 Å². The predicted molar refractivity (Wildman–Crippen MR) is 147 cm³/mol. The summed E-state index contributed by atoms with van der Waals surface area (Å²) in [4.78, 5) is 2.78. The summed E-state index contributed by atoms with van der Waals surface area (Å²) in [7, 11) is 0. The SMILES string of the molecule is CCCCCCCCCCN(CCCCCCCCCCO)CCCCCCCCCCO. The first-order chi connectivity index (χ1) is 16.3. The molecule has 0 aliphatic rings. The Morgan fingerprint density at radius 2 is 0.576 bits per heavy atom. The minimum atomic E-state index is 0.360. The summed E-state index contributed by atoms with van der Waals surface area (Å²) in [6.07, 6.45) is 32.1. The zero-order chi connectivity index (χ0) is 24.1. The Morgan fingerprint density at radius 1 is 0.333 bits per heavy atom. The number of hydrogen-bond donors (Lipinski definition) is 2. The minimum absolute atomic E-state index is 0.360. The lowest BCUT2D eigenvalue weighted by Gasteiger charge is -2.22. The molecule has 0 rings (SSSR count). The van der Waals surface area contributed by atoms with Crippen molar-refractivity contribution in [2.24, 2.45) is 0 Å². The highest BCUT2D eigenvalue weighted by Crippen LogP contribution is 2.13. The van der Waals surface area contributed by atoms with Crippen LogP contribution < -0.4 is 0 Å². The highest BCUT2D eigenvalue weighted by atomic mass is 16.3. The van der Waals surface area contributed by atoms with Gasteiger partial charge in [0.2, 0.25) is 0 Å². The van der Waals surface area contributed by atoms with Crippen LogP contribution in [0.3, 0.4) is 0 Å². The first-order valence-corrected chi connectivity index (χ1v) is 15.3. The van der Waals surface area contributed by atoms with Gasteiger partial charge in [-0.2, -0.15) is 0 Å². The Kier molecular flexibility index (Phi) is 29.8. The molecule has 0 unspecified atom stereocenters. The third kappa shape index (κ3) is 28.0. The van der Waals surface area contributed by atoms with E-state index in [1.165, 1.54) is 161 Å². The molecule has 0 aromatic heterocycles. The summed E-state index contributed by atoms with van der Waals surface area (Å²) in [6, 6.07) is 0. The summed E-state index contributed by atoms with van der Waals surface area (Å²) >= 11 is 0. The standard InChI is InChI=1S/C30H63NO2/c1-2-3-4-5-6-11-16-21-26-31(27-22-17-12-7-9-14-19-24-29-32)28-23-18-13-8-10-15-20-25-30-33/h32-33H,2-30H2,1H3. The molecule has 0 atom stereocenters. The van der Waals surface area contributed by atoms with Crippen molar-refractivity contribution in [3.05, 3.63) is 0 Å². The monoisotopic (exact) mass is 469 g/mol. The van der Waals surface area contributed by atoms with Crippen LogP contribution in [0.25, 0.3) is 0 Å². The molecule has 0 radical (unpaired) electrons. The van der Waals surface area contributed by atoms with Gasteiger partial charge >= 0.3 is 0 Å². The lowest BCUT2D eigenvalue weighted by molar-refractivity contribution is 0.253. The Labute approximate surface area is 209 Å². The fourth-order valence-corrected chi connectivity index (χ4v) is 4.82. The molecule has 0 amide bonds. The van der Waals surface area contributed by atoms with Crippen molar-refractivity contribution in [2.45, 2.75) is 161 Å². The fourth-order valence-electron chi connectivity index (χ4n) is 4.82. The van der Waals surface area contributed by atoms with E-state index < -0.39 is 0 Å². The molecular formula is C30H63NO2. The van der Waals surface area contributed by atoms with Crippen LogP contribution in [0.5, 0.6) is 0 Å². The van der Waals surface area contributed by atoms with E-state index in [2.05, 4.69) is 11.8 Å². The quantitative estimate of drug-likeness (QED) is 0.108. The number of hydrogen-bond acceptors (Lipinski definition) is 3. The van der Waals surface area contributed by atoms with Gasteiger partial charge in [-0.3, -0.25) is 0 Å². The van der Waals surface area contributed by atoms with Gasteiger partial charge in [0, 0.05) is 13.2 Å². The number of nitrogens with zero attached hydrogens (tertiary/aromatic N) is 1. The molecule has 0 aliphatic heterocycles. The molecule has 0 spiro atoms. The fraction of sp³-hybridized carbons (Fsp3) is 1.00. The van der Waals surface area contributed by atoms with Gasteiger partial charge in [-0.05, 0) is 51.7 Å². The lowest BCUT2D eigenvalue weighted by Crippen LogP contribution is -2.27. The van der Waals surface area contributed by atoms with E-state index in [1.54, 1.807) is 0 Å². The summed E-state index contributed by atoms with van der Waals surface area (Å²) in [5.74, 6) is 0. The van der Waals surface area contributed by atoms with Crippen molar-refractivity contribution >= 4 is 0 Å². The van der Waals surface area contributed by atoms with Gasteiger partial charge in [0.15, 0.2) is 0 Å². The Balaban J connectivity index is 3.84. The second kappa shape index (κ2) is 29.9. The van der Waals surface area contributed by atoms with Crippen molar-refractivity contribution in [3.8, 4) is 0 Å². The van der Waals surface area contributed by atoms with Crippen LogP contribution in [0.15, 0.2) is 0 Å². The number of rotatable bonds is 29. The normalized spacial score (nSPS) is 11.6. The Bertz CT molecular complexity index is 315. The van der Waals surface area contributed by atoms with Crippen molar-refractivity contribution < 1.29 is 10.2 Å². The second-order valence-electron chi connectivity index (χ2n) is 10.4. The van der Waals surface area contributed by atoms with Crippen LogP contribution >= 0.6 is 0 Å². The van der Waals surface area contributed by atoms with Crippen molar-refractivity contribution in [2.75, 3.05) is 32.8 Å². The Hall–Kier alpha value is -0.120. The third-order valence-electron chi connectivity index (χ3n) is 7.09. The maximum Gasteiger partial charge on any atom is 0.0431 e. The van der Waals surface area contributed by atoms with E-state index in [1.807, 2.05) is 0 Å². The topological polar surface area (TPSA) is 43.7 Å². The van der Waals surface area contributed by atoms with Crippen LogP contribution in [-0.2, 0) is 0 Å². The zero-order valence-electron chi connectivity index (χ0n) is 22.8. The number of unbranched alkanes of at least 4 members (excludes halogenated alkanes) is 21. The average molecular weight is 470 g/mol. The molecule has 0 heterocycles. The van der Waals surface area contributed by atoms with Crippen molar-refractivity contribution in [3.63, 3.8) is 0 Å². The highest BCUT2D eigenvalue weighted by Gasteiger charge is 2.05. The maximum absolute atomic E-state index is 8.86. The van der Waals surface area contributed by atoms with Gasteiger partial charge in [-0.1, -0.05) is 129 Å². The molecule has 0 aromatic rings. The average Bonchev–Trinajstić information content (AvgIpc) is 2.83. The van der Waals surface area contributed by atoms with Crippen molar-refractivity contribution in [1.29, 1.82) is 0 Å². The van der Waals surface area contributed by atoms with E-state index >= 15 is 0 Å². The predicted octanol–water partition coefficient (Wildman–Crippen LogP) is 8.66. The van der Waals surface area contributed by atoms with Gasteiger partial charge in [0.1, 0.15) is 0 Å². The van der Waals surface area contributed by atoms with Gasteiger partial charge in [0.05, 0.1) is 0 Å². The summed E-state index contributed by atoms with van der Waals surface area (Å²) in [6.45, 7) is 6.95. The van der Waals surface area contributed by atoms with Crippen LogP contribution in [0.2, 0.25) is 0 Å². The van der Waals surface area contributed by atoms with Crippen LogP contribution in [0.4, 0.5) is 0 Å². The molecule has 0 bridgehead atoms.